The van der Waals surface area contributed by atoms with Crippen molar-refractivity contribution < 1.29 is 80.5 Å². The number of carbonyl (C=O) groups is 3. The third-order valence-electron chi connectivity index (χ3n) is 11.7. The fourth-order valence-electron chi connectivity index (χ4n) is 7.59. The highest BCUT2D eigenvalue weighted by molar-refractivity contribution is 8.13. The van der Waals surface area contributed by atoms with E-state index in [-0.39, 0.29) is 41.6 Å². The number of ether oxygens (including phenoxy) is 1. The molecule has 7 unspecified atom stereocenters. The van der Waals surface area contributed by atoms with E-state index in [1.165, 1.54) is 110 Å². The topological polar surface area (TPSA) is 364 Å². The van der Waals surface area contributed by atoms with Gasteiger partial charge in [0.1, 0.15) is 36.3 Å². The number of carbonyl (C=O) groups excluding carboxylic acids is 3. The quantitative estimate of drug-likeness (QED) is 0.0192. The SMILES string of the molecule is CCCCCCCC/C=C/CCCCCCCCCCCCC(=O)SCCNC(=O)CCNC(=O)C(O)C(C)(C)COP(=O)(O)OP(=O)(O)OCC1OC(n2cnc3c(N)ncnc32)C(O)C1OP(=O)(O)O. The number of nitrogens with two attached hydrogens (primary N) is 1. The summed E-state index contributed by atoms with van der Waals surface area (Å²) in [5.74, 6) is -1.02. The van der Waals surface area contributed by atoms with Crippen molar-refractivity contribution in [2.24, 2.45) is 5.41 Å². The number of aromatic nitrogens is 4. The molecule has 2 amide bonds. The lowest BCUT2D eigenvalue weighted by Gasteiger charge is -2.30. The third kappa shape index (κ3) is 24.8. The zero-order valence-corrected chi connectivity index (χ0v) is 45.2. The summed E-state index contributed by atoms with van der Waals surface area (Å²) in [6.07, 6.45) is 20.5. The van der Waals surface area contributed by atoms with Gasteiger partial charge in [0.2, 0.25) is 11.8 Å². The first-order valence-corrected chi connectivity index (χ1v) is 30.3. The van der Waals surface area contributed by atoms with E-state index in [2.05, 4.69) is 53.5 Å². The molecule has 0 aromatic carbocycles. The van der Waals surface area contributed by atoms with Crippen LogP contribution in [0.15, 0.2) is 24.8 Å². The zero-order valence-electron chi connectivity index (χ0n) is 41.7. The summed E-state index contributed by atoms with van der Waals surface area (Å²) in [5.41, 5.74) is 4.29. The number of nitrogens with zero attached hydrogens (tertiary/aromatic N) is 4. The molecule has 2 aromatic rings. The van der Waals surface area contributed by atoms with Crippen LogP contribution in [-0.2, 0) is 50.7 Å². The zero-order chi connectivity index (χ0) is 53.2. The van der Waals surface area contributed by atoms with E-state index < -0.39 is 84.6 Å². The molecule has 72 heavy (non-hydrogen) atoms. The van der Waals surface area contributed by atoms with Crippen LogP contribution in [0.1, 0.15) is 155 Å². The minimum Gasteiger partial charge on any atom is -0.386 e. The van der Waals surface area contributed by atoms with Gasteiger partial charge in [0.15, 0.2) is 22.8 Å². The number of amides is 2. The lowest BCUT2D eigenvalue weighted by molar-refractivity contribution is -0.137. The van der Waals surface area contributed by atoms with Crippen LogP contribution in [0, 0.1) is 5.41 Å². The normalized spacial score (nSPS) is 19.6. The summed E-state index contributed by atoms with van der Waals surface area (Å²) in [7, 11) is -16.4. The van der Waals surface area contributed by atoms with Crippen LogP contribution in [0.25, 0.3) is 11.2 Å². The summed E-state index contributed by atoms with van der Waals surface area (Å²) >= 11 is 1.16. The van der Waals surface area contributed by atoms with Crippen LogP contribution in [0.2, 0.25) is 0 Å². The van der Waals surface area contributed by atoms with Crippen LogP contribution in [0.4, 0.5) is 5.82 Å². The highest BCUT2D eigenvalue weighted by Gasteiger charge is 2.50. The Bertz CT molecular complexity index is 2130. The van der Waals surface area contributed by atoms with Gasteiger partial charge in [0, 0.05) is 37.1 Å². The van der Waals surface area contributed by atoms with Crippen molar-refractivity contribution >= 4 is 69.1 Å². The number of unbranched alkanes of at least 4 members (excludes halogenated alkanes) is 16. The second-order valence-corrected chi connectivity index (χ2v) is 23.8. The van der Waals surface area contributed by atoms with Crippen LogP contribution in [-0.4, -0.2) is 123 Å². The molecule has 412 valence electrons. The first-order chi connectivity index (χ1) is 34.1. The van der Waals surface area contributed by atoms with Gasteiger partial charge in [-0.3, -0.25) is 32.5 Å². The number of rotatable bonds is 39. The Balaban J connectivity index is 1.24. The summed E-state index contributed by atoms with van der Waals surface area (Å²) < 4.78 is 62.5. The average molecular weight is 1100 g/mol. The summed E-state index contributed by atoms with van der Waals surface area (Å²) in [4.78, 5) is 88.5. The Hall–Kier alpha value is -2.70. The molecule has 0 aliphatic carbocycles. The summed E-state index contributed by atoms with van der Waals surface area (Å²) in [5, 5.41) is 26.7. The number of anilines is 1. The Kier molecular flexibility index (Phi) is 28.9. The van der Waals surface area contributed by atoms with Gasteiger partial charge in [-0.1, -0.05) is 128 Å². The minimum absolute atomic E-state index is 0.0338. The Labute approximate surface area is 426 Å². The molecular formula is C44H78N7O17P3S. The van der Waals surface area contributed by atoms with Crippen molar-refractivity contribution in [1.82, 2.24) is 30.2 Å². The molecule has 0 saturated carbocycles. The number of thioether (sulfide) groups is 1. The molecule has 0 radical (unpaired) electrons. The fraction of sp³-hybridized carbons (Fsp3) is 0.773. The molecule has 1 fully saturated rings. The second kappa shape index (κ2) is 32.7. The van der Waals surface area contributed by atoms with Crippen molar-refractivity contribution in [3.8, 4) is 0 Å². The number of aliphatic hydroxyl groups excluding tert-OH is 2. The number of phosphoric ester groups is 3. The number of fused-ring (bicyclic) bond motifs is 1. The van der Waals surface area contributed by atoms with Crippen molar-refractivity contribution in [2.75, 3.05) is 37.8 Å². The smallest absolute Gasteiger partial charge is 0.386 e. The molecule has 0 bridgehead atoms. The number of nitrogen functional groups attached to an aromatic ring is 1. The molecule has 0 spiro atoms. The highest BCUT2D eigenvalue weighted by atomic mass is 32.2. The molecular weight excluding hydrogens is 1020 g/mol. The number of aliphatic hydroxyl groups is 2. The molecule has 2 aromatic heterocycles. The largest absolute Gasteiger partial charge is 0.481 e. The number of hydrogen-bond acceptors (Lipinski definition) is 18. The standard InChI is InChI=1S/C44H78N7O17P3S/c1-4-5-6-7-8-9-10-11-12-13-14-15-16-17-18-19-20-21-22-23-24-35(53)72-28-27-46-34(52)25-26-47-42(56)39(55)44(2,3)30-65-71(62,63)68-70(60,61)64-29-33-38(67-69(57,58)59)37(54)43(66-33)51-32-50-36-40(45)48-31-49-41(36)51/h11-12,31-33,37-39,43,54-55H,4-10,13-30H2,1-3H3,(H,46,52)(H,47,56)(H,60,61)(H,62,63)(H2,45,48,49)(H2,57,58,59)/b12-11+. The first kappa shape index (κ1) is 63.6. The Morgan fingerprint density at radius 3 is 2.03 bits per heavy atom. The maximum atomic E-state index is 12.8. The third-order valence-corrected chi connectivity index (χ3v) is 15.7. The van der Waals surface area contributed by atoms with Crippen LogP contribution in [0.3, 0.4) is 0 Å². The van der Waals surface area contributed by atoms with E-state index in [0.29, 0.717) is 12.2 Å². The lowest BCUT2D eigenvalue weighted by Crippen LogP contribution is -2.46. The van der Waals surface area contributed by atoms with Gasteiger partial charge in [0.25, 0.3) is 0 Å². The van der Waals surface area contributed by atoms with Crippen molar-refractivity contribution in [2.45, 2.75) is 180 Å². The van der Waals surface area contributed by atoms with Crippen LogP contribution in [0.5, 0.6) is 0 Å². The number of phosphoric acid groups is 3. The van der Waals surface area contributed by atoms with E-state index in [4.69, 9.17) is 19.5 Å². The van der Waals surface area contributed by atoms with E-state index >= 15 is 0 Å². The van der Waals surface area contributed by atoms with Crippen LogP contribution >= 0.6 is 35.2 Å². The van der Waals surface area contributed by atoms with E-state index in [1.807, 2.05) is 0 Å². The minimum atomic E-state index is -5.58. The van der Waals surface area contributed by atoms with Gasteiger partial charge >= 0.3 is 23.5 Å². The van der Waals surface area contributed by atoms with Gasteiger partial charge in [0.05, 0.1) is 19.5 Å². The molecule has 28 heteroatoms. The molecule has 7 atom stereocenters. The predicted octanol–water partition coefficient (Wildman–Crippen LogP) is 6.65. The molecule has 1 aliphatic rings. The summed E-state index contributed by atoms with van der Waals surface area (Å²) in [6.45, 7) is 2.83. The molecule has 3 heterocycles. The van der Waals surface area contributed by atoms with Gasteiger partial charge in [-0.15, -0.1) is 0 Å². The van der Waals surface area contributed by atoms with Crippen molar-refractivity contribution in [1.29, 1.82) is 0 Å². The fourth-order valence-corrected chi connectivity index (χ4v) is 11.1. The number of imidazole rings is 1. The number of hydrogen-bond donors (Lipinski definition) is 9. The maximum absolute atomic E-state index is 12.8. The van der Waals surface area contributed by atoms with E-state index in [0.717, 1.165) is 48.2 Å². The predicted molar refractivity (Wildman–Crippen MR) is 270 cm³/mol. The summed E-state index contributed by atoms with van der Waals surface area (Å²) in [6, 6.07) is 0. The van der Waals surface area contributed by atoms with E-state index in [9.17, 15) is 57.9 Å². The molecule has 1 aliphatic heterocycles. The molecule has 10 N–H and O–H groups in total. The lowest BCUT2D eigenvalue weighted by atomic mass is 9.87. The van der Waals surface area contributed by atoms with Crippen molar-refractivity contribution in [3.05, 3.63) is 24.8 Å². The monoisotopic (exact) mass is 1100 g/mol. The van der Waals surface area contributed by atoms with Crippen LogP contribution < -0.4 is 16.4 Å². The number of allylic oxidation sites excluding steroid dienone is 2. The van der Waals surface area contributed by atoms with Crippen molar-refractivity contribution in [3.63, 3.8) is 0 Å². The molecule has 24 nitrogen and oxygen atoms in total. The van der Waals surface area contributed by atoms with Gasteiger partial charge in [-0.25, -0.2) is 28.6 Å². The molecule has 1 saturated heterocycles. The molecule has 3 rings (SSSR count). The second-order valence-electron chi connectivity index (χ2n) is 18.4. The van der Waals surface area contributed by atoms with Gasteiger partial charge in [-0.2, -0.15) is 4.31 Å². The maximum Gasteiger partial charge on any atom is 0.481 e. The Morgan fingerprint density at radius 1 is 0.833 bits per heavy atom. The average Bonchev–Trinajstić information content (AvgIpc) is 3.87. The number of nitrogens with one attached hydrogen (secondary N) is 2. The van der Waals surface area contributed by atoms with Gasteiger partial charge < -0.3 is 50.9 Å². The first-order valence-electron chi connectivity index (χ1n) is 24.8. The van der Waals surface area contributed by atoms with E-state index in [1.54, 1.807) is 0 Å². The highest BCUT2D eigenvalue weighted by Crippen LogP contribution is 2.61. The van der Waals surface area contributed by atoms with Gasteiger partial charge in [-0.05, 0) is 32.1 Å². The Morgan fingerprint density at radius 2 is 1.42 bits per heavy atom.